The van der Waals surface area contributed by atoms with Gasteiger partial charge in [-0.1, -0.05) is 0 Å². The van der Waals surface area contributed by atoms with Crippen LogP contribution < -0.4 is 14.8 Å². The Morgan fingerprint density at radius 1 is 1.50 bits per heavy atom. The van der Waals surface area contributed by atoms with Gasteiger partial charge in [0.25, 0.3) is 11.8 Å². The van der Waals surface area contributed by atoms with Crippen LogP contribution in [0, 0.1) is 0 Å². The number of carbonyl (C=O) groups excluding carboxylic acids is 1. The molecule has 0 bridgehead atoms. The molecule has 1 aromatic heterocycles. The molecule has 1 N–H and O–H groups in total. The average molecular weight is 222 g/mol. The van der Waals surface area contributed by atoms with E-state index in [2.05, 4.69) is 10.3 Å². The molecule has 0 spiro atoms. The minimum Gasteiger partial charge on any atom is -0.485 e. The molecular formula is C11H14N2O3. The molecule has 0 atom stereocenters. The van der Waals surface area contributed by atoms with Crippen molar-refractivity contribution in [2.45, 2.75) is 18.9 Å². The first-order valence-electron chi connectivity index (χ1n) is 5.18. The maximum absolute atomic E-state index is 11.4. The first kappa shape index (κ1) is 10.7. The van der Waals surface area contributed by atoms with Crippen molar-refractivity contribution in [3.63, 3.8) is 0 Å². The van der Waals surface area contributed by atoms with Crippen LogP contribution in [0.3, 0.4) is 0 Å². The lowest BCUT2D eigenvalue weighted by Crippen LogP contribution is -2.19. The molecule has 86 valence electrons. The third kappa shape index (κ3) is 2.24. The fourth-order valence-electron chi connectivity index (χ4n) is 1.28. The van der Waals surface area contributed by atoms with Crippen molar-refractivity contribution in [1.82, 2.24) is 10.3 Å². The molecule has 0 aliphatic heterocycles. The Morgan fingerprint density at radius 2 is 2.25 bits per heavy atom. The Bertz CT molecular complexity index is 402. The van der Waals surface area contributed by atoms with Gasteiger partial charge in [0.15, 0.2) is 5.75 Å². The highest BCUT2D eigenvalue weighted by Gasteiger charge is 2.25. The summed E-state index contributed by atoms with van der Waals surface area (Å²) in [4.78, 5) is 15.4. The van der Waals surface area contributed by atoms with Crippen LogP contribution in [-0.2, 0) is 0 Å². The third-order valence-corrected chi connectivity index (χ3v) is 2.30. The first-order valence-corrected chi connectivity index (χ1v) is 5.18. The first-order chi connectivity index (χ1) is 7.74. The number of pyridine rings is 1. The zero-order valence-electron chi connectivity index (χ0n) is 9.32. The van der Waals surface area contributed by atoms with Gasteiger partial charge in [0.05, 0.1) is 13.2 Å². The number of hydrogen-bond donors (Lipinski definition) is 1. The van der Waals surface area contributed by atoms with Crippen molar-refractivity contribution in [3.8, 4) is 11.6 Å². The van der Waals surface area contributed by atoms with E-state index in [-0.39, 0.29) is 12.0 Å². The smallest absolute Gasteiger partial charge is 0.269 e. The molecule has 5 nitrogen and oxygen atoms in total. The van der Waals surface area contributed by atoms with Gasteiger partial charge < -0.3 is 14.8 Å². The van der Waals surface area contributed by atoms with Crippen molar-refractivity contribution in [3.05, 3.63) is 17.8 Å². The van der Waals surface area contributed by atoms with Gasteiger partial charge >= 0.3 is 0 Å². The molecule has 5 heteroatoms. The molecule has 1 aromatic rings. The highest BCUT2D eigenvalue weighted by Crippen LogP contribution is 2.32. The zero-order valence-corrected chi connectivity index (χ0v) is 9.32. The summed E-state index contributed by atoms with van der Waals surface area (Å²) >= 11 is 0. The van der Waals surface area contributed by atoms with E-state index in [0.717, 1.165) is 12.8 Å². The third-order valence-electron chi connectivity index (χ3n) is 2.30. The van der Waals surface area contributed by atoms with E-state index >= 15 is 0 Å². The zero-order chi connectivity index (χ0) is 11.5. The Kier molecular flexibility index (Phi) is 2.94. The molecule has 1 aliphatic carbocycles. The molecule has 0 unspecified atom stereocenters. The topological polar surface area (TPSA) is 60.5 Å². The van der Waals surface area contributed by atoms with Crippen LogP contribution in [0.2, 0.25) is 0 Å². The van der Waals surface area contributed by atoms with E-state index in [1.54, 1.807) is 19.2 Å². The molecule has 0 saturated heterocycles. The molecule has 0 radical (unpaired) electrons. The monoisotopic (exact) mass is 222 g/mol. The summed E-state index contributed by atoms with van der Waals surface area (Å²) in [6.45, 7) is 0. The van der Waals surface area contributed by atoms with Gasteiger partial charge in [-0.3, -0.25) is 4.79 Å². The van der Waals surface area contributed by atoms with Crippen molar-refractivity contribution in [2.24, 2.45) is 0 Å². The predicted molar refractivity (Wildman–Crippen MR) is 57.8 cm³/mol. The molecule has 1 aliphatic rings. The summed E-state index contributed by atoms with van der Waals surface area (Å²) in [7, 11) is 3.07. The second-order valence-corrected chi connectivity index (χ2v) is 3.60. The standard InChI is InChI=1S/C11H14N2O3/c1-12-10(14)8-5-6-9(11(13-8)15-2)16-7-3-4-7/h5-7H,3-4H2,1-2H3,(H,12,14). The van der Waals surface area contributed by atoms with Gasteiger partial charge in [0.2, 0.25) is 0 Å². The molecule has 1 fully saturated rings. The Labute approximate surface area is 93.8 Å². The van der Waals surface area contributed by atoms with Crippen LogP contribution in [0.1, 0.15) is 23.3 Å². The van der Waals surface area contributed by atoms with Crippen molar-refractivity contribution in [1.29, 1.82) is 0 Å². The quantitative estimate of drug-likeness (QED) is 0.825. The molecule has 2 rings (SSSR count). The predicted octanol–water partition coefficient (Wildman–Crippen LogP) is 0.991. The van der Waals surface area contributed by atoms with Gasteiger partial charge in [0, 0.05) is 7.05 Å². The number of methoxy groups -OCH3 is 1. The van der Waals surface area contributed by atoms with Crippen LogP contribution in [0.4, 0.5) is 0 Å². The van der Waals surface area contributed by atoms with E-state index in [0.29, 0.717) is 17.3 Å². The summed E-state index contributed by atoms with van der Waals surface area (Å²) in [5, 5.41) is 2.51. The molecule has 1 amide bonds. The number of nitrogens with one attached hydrogen (secondary N) is 1. The second-order valence-electron chi connectivity index (χ2n) is 3.60. The fourth-order valence-corrected chi connectivity index (χ4v) is 1.28. The lowest BCUT2D eigenvalue weighted by molar-refractivity contribution is 0.0957. The maximum Gasteiger partial charge on any atom is 0.269 e. The van der Waals surface area contributed by atoms with Crippen LogP contribution in [-0.4, -0.2) is 31.2 Å². The normalized spacial score (nSPS) is 14.4. The Hall–Kier alpha value is -1.78. The number of carbonyl (C=O) groups is 1. The van der Waals surface area contributed by atoms with Crippen molar-refractivity contribution in [2.75, 3.05) is 14.2 Å². The number of nitrogens with zero attached hydrogens (tertiary/aromatic N) is 1. The molecule has 1 heterocycles. The largest absolute Gasteiger partial charge is 0.485 e. The number of hydrogen-bond acceptors (Lipinski definition) is 4. The lowest BCUT2D eigenvalue weighted by atomic mass is 10.3. The summed E-state index contributed by atoms with van der Waals surface area (Å²) in [6, 6.07) is 3.34. The van der Waals surface area contributed by atoms with Gasteiger partial charge in [-0.25, -0.2) is 4.98 Å². The molecular weight excluding hydrogens is 208 g/mol. The van der Waals surface area contributed by atoms with Crippen LogP contribution >= 0.6 is 0 Å². The van der Waals surface area contributed by atoms with E-state index < -0.39 is 0 Å². The summed E-state index contributed by atoms with van der Waals surface area (Å²) in [6.07, 6.45) is 2.42. The van der Waals surface area contributed by atoms with E-state index in [4.69, 9.17) is 9.47 Å². The van der Waals surface area contributed by atoms with Crippen LogP contribution in [0.15, 0.2) is 12.1 Å². The van der Waals surface area contributed by atoms with E-state index in [9.17, 15) is 4.79 Å². The summed E-state index contributed by atoms with van der Waals surface area (Å²) in [5.74, 6) is 0.710. The SMILES string of the molecule is CNC(=O)c1ccc(OC2CC2)c(OC)n1. The Morgan fingerprint density at radius 3 is 2.81 bits per heavy atom. The van der Waals surface area contributed by atoms with E-state index in [1.807, 2.05) is 0 Å². The highest BCUT2D eigenvalue weighted by atomic mass is 16.5. The number of aromatic nitrogens is 1. The maximum atomic E-state index is 11.4. The van der Waals surface area contributed by atoms with Gasteiger partial charge in [0.1, 0.15) is 5.69 Å². The van der Waals surface area contributed by atoms with E-state index in [1.165, 1.54) is 7.11 Å². The minimum absolute atomic E-state index is 0.240. The average Bonchev–Trinajstić information content (AvgIpc) is 3.12. The summed E-state index contributed by atoms with van der Waals surface area (Å²) in [5.41, 5.74) is 0.322. The Balaban J connectivity index is 2.22. The van der Waals surface area contributed by atoms with Crippen molar-refractivity contribution >= 4 is 5.91 Å². The lowest BCUT2D eigenvalue weighted by Gasteiger charge is -2.09. The van der Waals surface area contributed by atoms with Crippen molar-refractivity contribution < 1.29 is 14.3 Å². The minimum atomic E-state index is -0.240. The van der Waals surface area contributed by atoms with Crippen LogP contribution in [0.25, 0.3) is 0 Å². The number of amides is 1. The molecule has 1 saturated carbocycles. The second kappa shape index (κ2) is 4.38. The van der Waals surface area contributed by atoms with Gasteiger partial charge in [-0.05, 0) is 25.0 Å². The van der Waals surface area contributed by atoms with Gasteiger partial charge in [-0.15, -0.1) is 0 Å². The highest BCUT2D eigenvalue weighted by molar-refractivity contribution is 5.92. The van der Waals surface area contributed by atoms with Gasteiger partial charge in [-0.2, -0.15) is 0 Å². The summed E-state index contributed by atoms with van der Waals surface area (Å²) < 4.78 is 10.7. The number of rotatable bonds is 4. The van der Waals surface area contributed by atoms with Crippen LogP contribution in [0.5, 0.6) is 11.6 Å². The molecule has 0 aromatic carbocycles. The number of ether oxygens (including phenoxy) is 2. The molecule has 16 heavy (non-hydrogen) atoms. The fraction of sp³-hybridized carbons (Fsp3) is 0.455.